The number of carbonyl (C=O) groups is 3. The van der Waals surface area contributed by atoms with E-state index in [1.807, 2.05) is 0 Å². The van der Waals surface area contributed by atoms with Gasteiger partial charge in [0.05, 0.1) is 6.42 Å². The summed E-state index contributed by atoms with van der Waals surface area (Å²) in [5.41, 5.74) is 0.536. The van der Waals surface area contributed by atoms with Gasteiger partial charge in [-0.2, -0.15) is 0 Å². The molecule has 0 bridgehead atoms. The van der Waals surface area contributed by atoms with E-state index in [1.165, 1.54) is 18.2 Å². The first-order valence-corrected chi connectivity index (χ1v) is 7.01. The molecule has 1 unspecified atom stereocenters. The number of nitrogens with one attached hydrogen (secondary N) is 1. The van der Waals surface area contributed by atoms with Crippen LogP contribution >= 0.6 is 0 Å². The summed E-state index contributed by atoms with van der Waals surface area (Å²) in [5, 5.41) is 30.2. The Labute approximate surface area is 137 Å². The van der Waals surface area contributed by atoms with Crippen LogP contribution in [0.3, 0.4) is 0 Å². The summed E-state index contributed by atoms with van der Waals surface area (Å²) in [6, 6.07) is 10.5. The number of aromatic hydroxyl groups is 1. The highest BCUT2D eigenvalue weighted by atomic mass is 16.4. The molecule has 0 aliphatic carbocycles. The van der Waals surface area contributed by atoms with Crippen LogP contribution in [0.5, 0.6) is 5.75 Å². The second kappa shape index (κ2) is 7.28. The van der Waals surface area contributed by atoms with E-state index in [4.69, 9.17) is 5.11 Å². The highest BCUT2D eigenvalue weighted by Gasteiger charge is 2.24. The third kappa shape index (κ3) is 4.10. The largest absolute Gasteiger partial charge is 0.508 e. The Balaban J connectivity index is 2.29. The fourth-order valence-corrected chi connectivity index (χ4v) is 2.18. The Kier molecular flexibility index (Phi) is 5.16. The van der Waals surface area contributed by atoms with E-state index in [0.717, 1.165) is 0 Å². The number of phenolic OH excluding ortho intramolecular Hbond substituents is 1. The number of rotatable bonds is 6. The Bertz CT molecular complexity index is 772. The molecule has 7 heteroatoms. The van der Waals surface area contributed by atoms with E-state index in [9.17, 15) is 24.6 Å². The zero-order valence-electron chi connectivity index (χ0n) is 12.5. The van der Waals surface area contributed by atoms with Gasteiger partial charge in [-0.15, -0.1) is 0 Å². The molecule has 0 heterocycles. The van der Waals surface area contributed by atoms with Gasteiger partial charge in [0.1, 0.15) is 5.75 Å². The smallest absolute Gasteiger partial charge is 0.330 e. The van der Waals surface area contributed by atoms with Gasteiger partial charge >= 0.3 is 11.9 Å². The molecule has 2 aromatic rings. The summed E-state index contributed by atoms with van der Waals surface area (Å²) in [5.74, 6) is -3.29. The molecule has 4 N–H and O–H groups in total. The van der Waals surface area contributed by atoms with Crippen molar-refractivity contribution in [2.75, 3.05) is 0 Å². The quantitative estimate of drug-likeness (QED) is 0.638. The maximum absolute atomic E-state index is 12.1. The first-order chi connectivity index (χ1) is 11.4. The summed E-state index contributed by atoms with van der Waals surface area (Å²) in [6.07, 6.45) is -0.460. The van der Waals surface area contributed by atoms with Crippen molar-refractivity contribution in [3.8, 4) is 5.75 Å². The lowest BCUT2D eigenvalue weighted by molar-refractivity contribution is -0.139. The van der Waals surface area contributed by atoms with Gasteiger partial charge in [0.25, 0.3) is 5.91 Å². The van der Waals surface area contributed by atoms with Crippen molar-refractivity contribution in [1.82, 2.24) is 5.32 Å². The number of phenols is 1. The van der Waals surface area contributed by atoms with E-state index in [2.05, 4.69) is 5.32 Å². The Morgan fingerprint density at radius 1 is 1.00 bits per heavy atom. The fraction of sp³-hybridized carbons (Fsp3) is 0.118. The lowest BCUT2D eigenvalue weighted by Gasteiger charge is -2.16. The minimum atomic E-state index is -1.37. The van der Waals surface area contributed by atoms with Crippen LogP contribution in [-0.2, 0) is 16.0 Å². The van der Waals surface area contributed by atoms with Gasteiger partial charge in [0.2, 0.25) is 0 Å². The monoisotopic (exact) mass is 329 g/mol. The van der Waals surface area contributed by atoms with E-state index in [0.29, 0.717) is 5.56 Å². The molecule has 0 aliphatic heterocycles. The molecular weight excluding hydrogens is 314 g/mol. The van der Waals surface area contributed by atoms with Gasteiger partial charge in [-0.25, -0.2) is 4.79 Å². The number of hydrogen-bond acceptors (Lipinski definition) is 4. The average Bonchev–Trinajstić information content (AvgIpc) is 2.54. The standard InChI is InChI=1S/C17H15NO6/c19-13-7-6-11(8-12(13)9-14(20)21)15(17(23)24)18-16(22)10-4-2-1-3-5-10/h1-8,15,19H,9H2,(H,18,22)(H,20,21)(H,23,24). The summed E-state index contributed by atoms with van der Waals surface area (Å²) in [6.45, 7) is 0. The average molecular weight is 329 g/mol. The molecule has 124 valence electrons. The minimum Gasteiger partial charge on any atom is -0.508 e. The maximum Gasteiger partial charge on any atom is 0.330 e. The predicted octanol–water partition coefficient (Wildman–Crippen LogP) is 1.58. The molecule has 7 nitrogen and oxygen atoms in total. The van der Waals surface area contributed by atoms with E-state index >= 15 is 0 Å². The molecule has 0 saturated heterocycles. The van der Waals surface area contributed by atoms with Crippen LogP contribution in [0.1, 0.15) is 27.5 Å². The highest BCUT2D eigenvalue weighted by molar-refractivity contribution is 5.96. The van der Waals surface area contributed by atoms with Crippen molar-refractivity contribution >= 4 is 17.8 Å². The third-order valence-electron chi connectivity index (χ3n) is 3.34. The highest BCUT2D eigenvalue weighted by Crippen LogP contribution is 2.23. The number of hydrogen-bond donors (Lipinski definition) is 4. The van der Waals surface area contributed by atoms with E-state index in [1.54, 1.807) is 30.3 Å². The summed E-state index contributed by atoms with van der Waals surface area (Å²) >= 11 is 0. The SMILES string of the molecule is O=C(O)Cc1cc(C(NC(=O)c2ccccc2)C(=O)O)ccc1O. The molecule has 2 rings (SSSR count). The number of amides is 1. The number of carbonyl (C=O) groups excluding carboxylic acids is 1. The molecule has 1 atom stereocenters. The van der Waals surface area contributed by atoms with E-state index in [-0.39, 0.29) is 16.9 Å². The molecule has 1 amide bonds. The number of carboxylic acids is 2. The molecule has 2 aromatic carbocycles. The van der Waals surface area contributed by atoms with Crippen LogP contribution in [0.2, 0.25) is 0 Å². The van der Waals surface area contributed by atoms with Crippen molar-refractivity contribution in [2.24, 2.45) is 0 Å². The van der Waals surface area contributed by atoms with Crippen molar-refractivity contribution in [3.05, 3.63) is 65.2 Å². The topological polar surface area (TPSA) is 124 Å². The zero-order valence-corrected chi connectivity index (χ0v) is 12.5. The predicted molar refractivity (Wildman–Crippen MR) is 83.7 cm³/mol. The van der Waals surface area contributed by atoms with Crippen molar-refractivity contribution < 1.29 is 29.7 Å². The third-order valence-corrected chi connectivity index (χ3v) is 3.34. The Hall–Kier alpha value is -3.35. The Morgan fingerprint density at radius 3 is 2.25 bits per heavy atom. The van der Waals surface area contributed by atoms with Gasteiger partial charge in [-0.3, -0.25) is 9.59 Å². The van der Waals surface area contributed by atoms with Crippen LogP contribution in [-0.4, -0.2) is 33.2 Å². The van der Waals surface area contributed by atoms with Gasteiger partial charge in [-0.05, 0) is 29.8 Å². The molecular formula is C17H15NO6. The maximum atomic E-state index is 12.1. The van der Waals surface area contributed by atoms with Crippen molar-refractivity contribution in [2.45, 2.75) is 12.5 Å². The summed E-state index contributed by atoms with van der Waals surface area (Å²) in [7, 11) is 0. The van der Waals surface area contributed by atoms with Gasteiger partial charge in [0, 0.05) is 11.1 Å². The first-order valence-electron chi connectivity index (χ1n) is 7.01. The molecule has 0 aliphatic rings. The van der Waals surface area contributed by atoms with Crippen LogP contribution in [0, 0.1) is 0 Å². The lowest BCUT2D eigenvalue weighted by Crippen LogP contribution is -2.33. The molecule has 0 radical (unpaired) electrons. The van der Waals surface area contributed by atoms with Crippen LogP contribution in [0.25, 0.3) is 0 Å². The lowest BCUT2D eigenvalue weighted by atomic mass is 10.0. The van der Waals surface area contributed by atoms with Crippen LogP contribution < -0.4 is 5.32 Å². The number of benzene rings is 2. The van der Waals surface area contributed by atoms with Gasteiger partial charge in [0.15, 0.2) is 6.04 Å². The Morgan fingerprint density at radius 2 is 1.67 bits per heavy atom. The molecule has 0 saturated carbocycles. The summed E-state index contributed by atoms with van der Waals surface area (Å²) < 4.78 is 0. The van der Waals surface area contributed by atoms with Crippen molar-refractivity contribution in [3.63, 3.8) is 0 Å². The van der Waals surface area contributed by atoms with Crippen LogP contribution in [0.4, 0.5) is 0 Å². The molecule has 24 heavy (non-hydrogen) atoms. The minimum absolute atomic E-state index is 0.0696. The first kappa shape index (κ1) is 17.0. The van der Waals surface area contributed by atoms with Crippen molar-refractivity contribution in [1.29, 1.82) is 0 Å². The normalized spacial score (nSPS) is 11.5. The second-order valence-corrected chi connectivity index (χ2v) is 5.07. The zero-order chi connectivity index (χ0) is 17.7. The van der Waals surface area contributed by atoms with E-state index < -0.39 is 30.3 Å². The van der Waals surface area contributed by atoms with Gasteiger partial charge in [-0.1, -0.05) is 24.3 Å². The molecule has 0 fully saturated rings. The number of aliphatic carboxylic acids is 2. The summed E-state index contributed by atoms with van der Waals surface area (Å²) in [4.78, 5) is 34.4. The number of carboxylic acid groups (broad SMARTS) is 2. The molecule has 0 spiro atoms. The van der Waals surface area contributed by atoms with Gasteiger partial charge < -0.3 is 20.6 Å². The molecule has 0 aromatic heterocycles. The second-order valence-electron chi connectivity index (χ2n) is 5.07. The van der Waals surface area contributed by atoms with Crippen LogP contribution in [0.15, 0.2) is 48.5 Å². The fourth-order valence-electron chi connectivity index (χ4n) is 2.18.